The van der Waals surface area contributed by atoms with Crippen molar-refractivity contribution in [3.8, 4) is 11.4 Å². The van der Waals surface area contributed by atoms with E-state index in [1.165, 1.54) is 24.5 Å². The van der Waals surface area contributed by atoms with Crippen molar-refractivity contribution in [3.63, 3.8) is 0 Å². The normalized spacial score (nSPS) is 13.4. The third-order valence-electron chi connectivity index (χ3n) is 4.50. The Morgan fingerprint density at radius 2 is 1.81 bits per heavy atom. The predicted octanol–water partition coefficient (Wildman–Crippen LogP) is 3.24. The van der Waals surface area contributed by atoms with Crippen LogP contribution >= 0.6 is 0 Å². The van der Waals surface area contributed by atoms with E-state index < -0.39 is 0 Å². The average Bonchev–Trinajstić information content (AvgIpc) is 3.52. The summed E-state index contributed by atoms with van der Waals surface area (Å²) in [5.41, 5.74) is 2.91. The molecule has 0 bridgehead atoms. The van der Waals surface area contributed by atoms with E-state index in [2.05, 4.69) is 27.4 Å². The highest BCUT2D eigenvalue weighted by molar-refractivity contribution is 5.92. The molecule has 0 unspecified atom stereocenters. The molecule has 26 heavy (non-hydrogen) atoms. The van der Waals surface area contributed by atoms with Crippen LogP contribution in [-0.2, 0) is 6.54 Å². The molecular formula is C21H19N3O2. The lowest BCUT2D eigenvalue weighted by atomic mass is 10.1. The molecular weight excluding hydrogens is 326 g/mol. The minimum Gasteiger partial charge on any atom is -0.347 e. The summed E-state index contributed by atoms with van der Waals surface area (Å²) in [5.74, 6) is 0.742. The van der Waals surface area contributed by atoms with Crippen molar-refractivity contribution in [3.05, 3.63) is 87.8 Å². The number of carbonyl (C=O) groups is 1. The molecule has 1 aliphatic rings. The number of aromatic nitrogens is 2. The molecule has 5 nitrogen and oxygen atoms in total. The smallest absolute Gasteiger partial charge is 0.270 e. The number of amides is 1. The summed E-state index contributed by atoms with van der Waals surface area (Å²) in [6.07, 6.45) is 2.54. The zero-order valence-corrected chi connectivity index (χ0v) is 14.2. The molecule has 1 fully saturated rings. The van der Waals surface area contributed by atoms with Crippen molar-refractivity contribution in [2.24, 2.45) is 0 Å². The SMILES string of the molecule is O=C(NCc1ccc(C2CC2)cc1)c1cc(=O)[nH]c(-c2ccccc2)n1. The lowest BCUT2D eigenvalue weighted by molar-refractivity contribution is 0.0945. The van der Waals surface area contributed by atoms with Gasteiger partial charge in [0.25, 0.3) is 11.5 Å². The molecule has 2 aromatic carbocycles. The van der Waals surface area contributed by atoms with Crippen LogP contribution in [0.4, 0.5) is 0 Å². The van der Waals surface area contributed by atoms with E-state index in [-0.39, 0.29) is 17.2 Å². The molecule has 1 heterocycles. The van der Waals surface area contributed by atoms with Gasteiger partial charge < -0.3 is 10.3 Å². The summed E-state index contributed by atoms with van der Waals surface area (Å²) in [6, 6.07) is 18.8. The Labute approximate surface area is 151 Å². The molecule has 5 heteroatoms. The molecule has 4 rings (SSSR count). The number of rotatable bonds is 5. The van der Waals surface area contributed by atoms with Crippen molar-refractivity contribution >= 4 is 5.91 Å². The third-order valence-corrected chi connectivity index (χ3v) is 4.50. The second-order valence-electron chi connectivity index (χ2n) is 6.54. The number of benzene rings is 2. The van der Waals surface area contributed by atoms with Gasteiger partial charge in [-0.3, -0.25) is 9.59 Å². The van der Waals surface area contributed by atoms with Gasteiger partial charge in [0.1, 0.15) is 11.5 Å². The molecule has 0 spiro atoms. The Kier molecular flexibility index (Phi) is 4.35. The van der Waals surface area contributed by atoms with E-state index in [1.807, 2.05) is 42.5 Å². The second kappa shape index (κ2) is 6.96. The monoisotopic (exact) mass is 345 g/mol. The van der Waals surface area contributed by atoms with Gasteiger partial charge in [0.05, 0.1) is 0 Å². The highest BCUT2D eigenvalue weighted by atomic mass is 16.2. The summed E-state index contributed by atoms with van der Waals surface area (Å²) in [5, 5.41) is 2.83. The fourth-order valence-corrected chi connectivity index (χ4v) is 2.90. The first kappa shape index (κ1) is 16.3. The fourth-order valence-electron chi connectivity index (χ4n) is 2.90. The van der Waals surface area contributed by atoms with E-state index in [9.17, 15) is 9.59 Å². The molecule has 2 N–H and O–H groups in total. The van der Waals surface area contributed by atoms with Gasteiger partial charge in [0.2, 0.25) is 0 Å². The zero-order valence-electron chi connectivity index (χ0n) is 14.2. The van der Waals surface area contributed by atoms with Crippen LogP contribution in [0.15, 0.2) is 65.5 Å². The van der Waals surface area contributed by atoms with Crippen molar-refractivity contribution in [1.82, 2.24) is 15.3 Å². The Hall–Kier alpha value is -3.21. The minimum atomic E-state index is -0.362. The zero-order chi connectivity index (χ0) is 17.9. The lowest BCUT2D eigenvalue weighted by Gasteiger charge is -2.07. The van der Waals surface area contributed by atoms with Gasteiger partial charge in [0.15, 0.2) is 0 Å². The maximum absolute atomic E-state index is 12.4. The molecule has 0 radical (unpaired) electrons. The summed E-state index contributed by atoms with van der Waals surface area (Å²) in [7, 11) is 0. The van der Waals surface area contributed by atoms with Crippen molar-refractivity contribution in [2.75, 3.05) is 0 Å². The number of nitrogens with zero attached hydrogens (tertiary/aromatic N) is 1. The van der Waals surface area contributed by atoms with Gasteiger partial charge >= 0.3 is 0 Å². The number of nitrogens with one attached hydrogen (secondary N) is 2. The average molecular weight is 345 g/mol. The Morgan fingerprint density at radius 1 is 1.08 bits per heavy atom. The van der Waals surface area contributed by atoms with Gasteiger partial charge in [0, 0.05) is 18.2 Å². The number of hydrogen-bond donors (Lipinski definition) is 2. The van der Waals surface area contributed by atoms with E-state index in [0.717, 1.165) is 17.0 Å². The number of hydrogen-bond acceptors (Lipinski definition) is 3. The van der Waals surface area contributed by atoms with Crippen LogP contribution in [0.1, 0.15) is 40.4 Å². The predicted molar refractivity (Wildman–Crippen MR) is 99.9 cm³/mol. The lowest BCUT2D eigenvalue weighted by Crippen LogP contribution is -2.26. The van der Waals surface area contributed by atoms with Crippen LogP contribution in [0.2, 0.25) is 0 Å². The molecule has 3 aromatic rings. The number of aromatic amines is 1. The van der Waals surface area contributed by atoms with E-state index in [1.54, 1.807) is 0 Å². The Bertz CT molecular complexity index is 974. The summed E-state index contributed by atoms with van der Waals surface area (Å²) in [6.45, 7) is 0.402. The van der Waals surface area contributed by atoms with Crippen LogP contribution in [0.25, 0.3) is 11.4 Å². The quantitative estimate of drug-likeness (QED) is 0.745. The summed E-state index contributed by atoms with van der Waals surface area (Å²) < 4.78 is 0. The third kappa shape index (κ3) is 3.72. The van der Waals surface area contributed by atoms with Crippen molar-refractivity contribution in [1.29, 1.82) is 0 Å². The Balaban J connectivity index is 1.47. The molecule has 1 aromatic heterocycles. The largest absolute Gasteiger partial charge is 0.347 e. The van der Waals surface area contributed by atoms with Crippen LogP contribution in [0, 0.1) is 0 Å². The maximum atomic E-state index is 12.4. The number of H-pyrrole nitrogens is 1. The molecule has 0 aliphatic heterocycles. The molecule has 1 saturated carbocycles. The van der Waals surface area contributed by atoms with E-state index in [4.69, 9.17) is 0 Å². The molecule has 1 aliphatic carbocycles. The highest BCUT2D eigenvalue weighted by Crippen LogP contribution is 2.39. The maximum Gasteiger partial charge on any atom is 0.270 e. The van der Waals surface area contributed by atoms with Gasteiger partial charge in [-0.1, -0.05) is 54.6 Å². The first-order valence-electron chi connectivity index (χ1n) is 8.73. The molecule has 0 saturated heterocycles. The van der Waals surface area contributed by atoms with E-state index in [0.29, 0.717) is 12.4 Å². The Morgan fingerprint density at radius 3 is 2.50 bits per heavy atom. The van der Waals surface area contributed by atoms with Crippen molar-refractivity contribution in [2.45, 2.75) is 25.3 Å². The summed E-state index contributed by atoms with van der Waals surface area (Å²) >= 11 is 0. The fraction of sp³-hybridized carbons (Fsp3) is 0.190. The molecule has 1 amide bonds. The van der Waals surface area contributed by atoms with Gasteiger partial charge in [-0.2, -0.15) is 0 Å². The van der Waals surface area contributed by atoms with E-state index >= 15 is 0 Å². The first-order chi connectivity index (χ1) is 12.7. The van der Waals surface area contributed by atoms with Gasteiger partial charge in [-0.25, -0.2) is 4.98 Å². The highest BCUT2D eigenvalue weighted by Gasteiger charge is 2.22. The minimum absolute atomic E-state index is 0.113. The molecule has 130 valence electrons. The van der Waals surface area contributed by atoms with Crippen molar-refractivity contribution < 1.29 is 4.79 Å². The van der Waals surface area contributed by atoms with Crippen LogP contribution < -0.4 is 10.9 Å². The summed E-state index contributed by atoms with van der Waals surface area (Å²) in [4.78, 5) is 31.3. The van der Waals surface area contributed by atoms with Crippen LogP contribution in [0.5, 0.6) is 0 Å². The van der Waals surface area contributed by atoms with Gasteiger partial charge in [-0.15, -0.1) is 0 Å². The topological polar surface area (TPSA) is 74.8 Å². The first-order valence-corrected chi connectivity index (χ1v) is 8.73. The molecule has 0 atom stereocenters. The van der Waals surface area contributed by atoms with Crippen LogP contribution in [-0.4, -0.2) is 15.9 Å². The standard InChI is InChI=1S/C21H19N3O2/c25-19-12-18(23-20(24-19)17-4-2-1-3-5-17)21(26)22-13-14-6-8-15(9-7-14)16-10-11-16/h1-9,12,16H,10-11,13H2,(H,22,26)(H,23,24,25). The second-order valence-corrected chi connectivity index (χ2v) is 6.54. The number of carbonyl (C=O) groups excluding carboxylic acids is 1. The van der Waals surface area contributed by atoms with Crippen LogP contribution in [0.3, 0.4) is 0 Å². The van der Waals surface area contributed by atoms with Gasteiger partial charge in [-0.05, 0) is 29.9 Å².